The van der Waals surface area contributed by atoms with E-state index in [0.29, 0.717) is 17.7 Å². The third-order valence-electron chi connectivity index (χ3n) is 4.82. The Morgan fingerprint density at radius 2 is 1.60 bits per heavy atom. The Hall–Kier alpha value is -2.71. The summed E-state index contributed by atoms with van der Waals surface area (Å²) in [5.74, 6) is 0.513. The molecule has 0 aliphatic carbocycles. The first kappa shape index (κ1) is 20.6. The van der Waals surface area contributed by atoms with Crippen LogP contribution in [0.5, 0.6) is 0 Å². The molecule has 2 aromatic carbocycles. The molecule has 154 valence electrons. The van der Waals surface area contributed by atoms with E-state index >= 15 is 0 Å². The van der Waals surface area contributed by atoms with Gasteiger partial charge in [-0.05, 0) is 37.0 Å². The van der Waals surface area contributed by atoms with Crippen molar-refractivity contribution < 1.29 is 9.59 Å². The number of nitrogens with zero attached hydrogens (tertiary/aromatic N) is 3. The molecule has 4 rings (SSSR count). The van der Waals surface area contributed by atoms with E-state index in [1.165, 1.54) is 10.5 Å². The Kier molecular flexibility index (Phi) is 6.76. The molecule has 1 aliphatic heterocycles. The summed E-state index contributed by atoms with van der Waals surface area (Å²) in [6, 6.07) is 17.3. The number of carbonyl (C=O) groups excluding carboxylic acids is 2. The van der Waals surface area contributed by atoms with Crippen LogP contribution in [0.2, 0.25) is 0 Å². The second-order valence-corrected chi connectivity index (χ2v) is 9.22. The smallest absolute Gasteiger partial charge is 0.261 e. The van der Waals surface area contributed by atoms with Gasteiger partial charge in [-0.15, -0.1) is 10.2 Å². The van der Waals surface area contributed by atoms with E-state index in [2.05, 4.69) is 27.6 Å². The molecule has 0 spiro atoms. The monoisotopic (exact) mass is 438 g/mol. The average Bonchev–Trinajstić information content (AvgIpc) is 3.32. The lowest BCUT2D eigenvalue weighted by atomic mass is 10.1. The predicted octanol–water partition coefficient (Wildman–Crippen LogP) is 4.36. The normalized spacial score (nSPS) is 13.0. The second kappa shape index (κ2) is 9.86. The maximum atomic E-state index is 12.3. The molecular weight excluding hydrogens is 416 g/mol. The fourth-order valence-electron chi connectivity index (χ4n) is 3.27. The van der Waals surface area contributed by atoms with Crippen molar-refractivity contribution >= 4 is 40.0 Å². The SMILES string of the molecule is O=C1c2ccccc2C(=O)N1CCCCSc1nnc(NCCc2ccccc2)s1. The van der Waals surface area contributed by atoms with Gasteiger partial charge in [0.15, 0.2) is 4.34 Å². The van der Waals surface area contributed by atoms with Crippen molar-refractivity contribution in [1.29, 1.82) is 0 Å². The largest absolute Gasteiger partial charge is 0.360 e. The summed E-state index contributed by atoms with van der Waals surface area (Å²) in [6.45, 7) is 1.28. The quantitative estimate of drug-likeness (QED) is 0.288. The molecule has 8 heteroatoms. The first-order valence-electron chi connectivity index (χ1n) is 9.92. The lowest BCUT2D eigenvalue weighted by Gasteiger charge is -2.13. The van der Waals surface area contributed by atoms with Crippen LogP contribution in [0.25, 0.3) is 0 Å². The van der Waals surface area contributed by atoms with Gasteiger partial charge in [-0.3, -0.25) is 14.5 Å². The summed E-state index contributed by atoms with van der Waals surface area (Å²) in [4.78, 5) is 26.1. The molecule has 0 atom stereocenters. The fourth-order valence-corrected chi connectivity index (χ4v) is 5.12. The van der Waals surface area contributed by atoms with Gasteiger partial charge in [0.2, 0.25) is 5.13 Å². The molecule has 2 amide bonds. The number of hydrogen-bond acceptors (Lipinski definition) is 7. The van der Waals surface area contributed by atoms with E-state index in [1.807, 2.05) is 18.2 Å². The number of carbonyl (C=O) groups is 2. The van der Waals surface area contributed by atoms with Crippen LogP contribution in [-0.2, 0) is 6.42 Å². The third-order valence-corrected chi connectivity index (χ3v) is 6.92. The lowest BCUT2D eigenvalue weighted by molar-refractivity contribution is 0.0652. The van der Waals surface area contributed by atoms with Gasteiger partial charge in [0.1, 0.15) is 0 Å². The molecule has 6 nitrogen and oxygen atoms in total. The molecule has 1 aromatic heterocycles. The summed E-state index contributed by atoms with van der Waals surface area (Å²) < 4.78 is 0.929. The molecule has 2 heterocycles. The van der Waals surface area contributed by atoms with Crippen LogP contribution in [-0.4, -0.2) is 45.8 Å². The minimum Gasteiger partial charge on any atom is -0.360 e. The maximum absolute atomic E-state index is 12.3. The molecule has 0 bridgehead atoms. The van der Waals surface area contributed by atoms with Crippen LogP contribution < -0.4 is 5.32 Å². The summed E-state index contributed by atoms with van der Waals surface area (Å²) in [5.41, 5.74) is 2.32. The molecule has 0 saturated heterocycles. The summed E-state index contributed by atoms with van der Waals surface area (Å²) >= 11 is 3.21. The minimum atomic E-state index is -0.182. The van der Waals surface area contributed by atoms with Crippen molar-refractivity contribution in [3.63, 3.8) is 0 Å². The highest BCUT2D eigenvalue weighted by atomic mass is 32.2. The minimum absolute atomic E-state index is 0.182. The zero-order chi connectivity index (χ0) is 20.8. The zero-order valence-corrected chi connectivity index (χ0v) is 18.0. The Labute approximate surface area is 183 Å². The van der Waals surface area contributed by atoms with Gasteiger partial charge < -0.3 is 5.32 Å². The second-order valence-electron chi connectivity index (χ2n) is 6.90. The van der Waals surface area contributed by atoms with Crippen LogP contribution in [0.1, 0.15) is 39.1 Å². The third kappa shape index (κ3) is 4.88. The maximum Gasteiger partial charge on any atom is 0.261 e. The van der Waals surface area contributed by atoms with Gasteiger partial charge in [0.05, 0.1) is 11.1 Å². The Balaban J connectivity index is 1.15. The molecule has 1 aliphatic rings. The standard InChI is InChI=1S/C22H22N4O2S2/c27-19-17-10-4-5-11-18(17)20(28)26(19)14-6-7-15-29-22-25-24-21(30-22)23-13-12-16-8-2-1-3-9-16/h1-5,8-11H,6-7,12-15H2,(H,23,24). The van der Waals surface area contributed by atoms with E-state index in [9.17, 15) is 9.59 Å². The first-order valence-corrected chi connectivity index (χ1v) is 11.7. The summed E-state index contributed by atoms with van der Waals surface area (Å²) in [7, 11) is 0. The number of rotatable bonds is 10. The number of hydrogen-bond donors (Lipinski definition) is 1. The van der Waals surface area contributed by atoms with E-state index in [1.54, 1.807) is 47.4 Å². The highest BCUT2D eigenvalue weighted by Crippen LogP contribution is 2.27. The summed E-state index contributed by atoms with van der Waals surface area (Å²) in [5, 5.41) is 12.6. The predicted molar refractivity (Wildman–Crippen MR) is 120 cm³/mol. The van der Waals surface area contributed by atoms with E-state index < -0.39 is 0 Å². The topological polar surface area (TPSA) is 75.2 Å². The highest BCUT2D eigenvalue weighted by Gasteiger charge is 2.34. The lowest BCUT2D eigenvalue weighted by Crippen LogP contribution is -2.30. The molecule has 0 unspecified atom stereocenters. The molecule has 1 N–H and O–H groups in total. The van der Waals surface area contributed by atoms with Gasteiger partial charge in [0.25, 0.3) is 11.8 Å². The van der Waals surface area contributed by atoms with Crippen LogP contribution >= 0.6 is 23.1 Å². The highest BCUT2D eigenvalue weighted by molar-refractivity contribution is 8.01. The number of unbranched alkanes of at least 4 members (excludes halogenated alkanes) is 1. The van der Waals surface area contributed by atoms with Crippen molar-refractivity contribution in [2.75, 3.05) is 24.2 Å². The van der Waals surface area contributed by atoms with Crippen molar-refractivity contribution in [3.05, 3.63) is 71.3 Å². The van der Waals surface area contributed by atoms with E-state index in [4.69, 9.17) is 0 Å². The molecule has 0 saturated carbocycles. The molecule has 3 aromatic rings. The van der Waals surface area contributed by atoms with Crippen molar-refractivity contribution in [1.82, 2.24) is 15.1 Å². The number of imide groups is 1. The number of amides is 2. The van der Waals surface area contributed by atoms with Gasteiger partial charge in [0, 0.05) is 18.8 Å². The van der Waals surface area contributed by atoms with Crippen LogP contribution in [0.3, 0.4) is 0 Å². The number of thioether (sulfide) groups is 1. The van der Waals surface area contributed by atoms with Crippen molar-refractivity contribution in [2.24, 2.45) is 0 Å². The molecule has 30 heavy (non-hydrogen) atoms. The number of nitrogens with one attached hydrogen (secondary N) is 1. The molecule has 0 fully saturated rings. The fraction of sp³-hybridized carbons (Fsp3) is 0.273. The van der Waals surface area contributed by atoms with Gasteiger partial charge >= 0.3 is 0 Å². The van der Waals surface area contributed by atoms with Crippen molar-refractivity contribution in [3.8, 4) is 0 Å². The first-order chi connectivity index (χ1) is 14.7. The Morgan fingerprint density at radius 1 is 0.900 bits per heavy atom. The van der Waals surface area contributed by atoms with Crippen LogP contribution in [0.15, 0.2) is 58.9 Å². The van der Waals surface area contributed by atoms with E-state index in [0.717, 1.165) is 41.0 Å². The summed E-state index contributed by atoms with van der Waals surface area (Å²) in [6.07, 6.45) is 2.62. The van der Waals surface area contributed by atoms with Gasteiger partial charge in [-0.1, -0.05) is 65.6 Å². The van der Waals surface area contributed by atoms with Crippen molar-refractivity contribution in [2.45, 2.75) is 23.6 Å². The number of anilines is 1. The number of benzene rings is 2. The van der Waals surface area contributed by atoms with Crippen LogP contribution in [0.4, 0.5) is 5.13 Å². The van der Waals surface area contributed by atoms with Gasteiger partial charge in [-0.25, -0.2) is 0 Å². The average molecular weight is 439 g/mol. The number of aromatic nitrogens is 2. The Morgan fingerprint density at radius 3 is 2.33 bits per heavy atom. The zero-order valence-electron chi connectivity index (χ0n) is 16.4. The Bertz CT molecular complexity index is 988. The van der Waals surface area contributed by atoms with E-state index in [-0.39, 0.29) is 11.8 Å². The number of fused-ring (bicyclic) bond motifs is 1. The molecule has 0 radical (unpaired) electrons. The van der Waals surface area contributed by atoms with Crippen LogP contribution in [0, 0.1) is 0 Å². The molecular formula is C22H22N4O2S2. The van der Waals surface area contributed by atoms with Gasteiger partial charge in [-0.2, -0.15) is 0 Å².